The highest BCUT2D eigenvalue weighted by Crippen LogP contribution is 2.71. The number of hydrogen-bond acceptors (Lipinski definition) is 4. The molecule has 4 unspecified atom stereocenters. The summed E-state index contributed by atoms with van der Waals surface area (Å²) in [6, 6.07) is 0. The molecule has 192 valence electrons. The summed E-state index contributed by atoms with van der Waals surface area (Å²) in [4.78, 5) is 11.6. The Bertz CT molecular complexity index is 833. The Morgan fingerprint density at radius 2 is 1.74 bits per heavy atom. The number of rotatable bonds is 1. The summed E-state index contributed by atoms with van der Waals surface area (Å²) in [5, 5.41) is -0.0444. The molecule has 0 aromatic heterocycles. The van der Waals surface area contributed by atoms with Gasteiger partial charge < -0.3 is 14.2 Å². The Morgan fingerprint density at radius 3 is 2.47 bits per heavy atom. The number of alkyl halides is 1. The molecule has 0 N–H and O–H groups in total. The first-order valence-corrected chi connectivity index (χ1v) is 14.6. The fourth-order valence-electron chi connectivity index (χ4n) is 10.7. The van der Waals surface area contributed by atoms with Gasteiger partial charge in [-0.3, -0.25) is 4.79 Å². The van der Waals surface area contributed by atoms with Crippen molar-refractivity contribution in [2.75, 3.05) is 6.61 Å². The molecule has 0 aromatic carbocycles. The van der Waals surface area contributed by atoms with E-state index in [1.165, 1.54) is 38.5 Å². The second-order valence-corrected chi connectivity index (χ2v) is 14.3. The SMILES string of the molecule is CC(=O)OC1CC[C@]2(C)C3CC[C@@]4(C)C(C[C@@H]5O[C@@]6(OC[C@H](C)C[C@@H]6Cl)[C@@H](C)[C@@H]54)C3CC[C@H]2C1. The summed E-state index contributed by atoms with van der Waals surface area (Å²) >= 11 is 6.97. The molecule has 4 aliphatic carbocycles. The molecule has 5 heteroatoms. The lowest BCUT2D eigenvalue weighted by atomic mass is 9.44. The van der Waals surface area contributed by atoms with Crippen molar-refractivity contribution in [2.24, 2.45) is 52.3 Å². The van der Waals surface area contributed by atoms with Gasteiger partial charge in [0.05, 0.1) is 18.1 Å². The molecule has 34 heavy (non-hydrogen) atoms. The van der Waals surface area contributed by atoms with E-state index < -0.39 is 5.79 Å². The van der Waals surface area contributed by atoms with Crippen molar-refractivity contribution in [3.8, 4) is 0 Å². The molecule has 2 saturated heterocycles. The van der Waals surface area contributed by atoms with Gasteiger partial charge in [-0.05, 0) is 104 Å². The van der Waals surface area contributed by atoms with Crippen LogP contribution in [0.5, 0.6) is 0 Å². The van der Waals surface area contributed by atoms with Crippen LogP contribution in [0.25, 0.3) is 0 Å². The van der Waals surface area contributed by atoms with Crippen LogP contribution in [0.4, 0.5) is 0 Å². The van der Waals surface area contributed by atoms with E-state index in [9.17, 15) is 4.79 Å². The molecule has 6 rings (SSSR count). The quantitative estimate of drug-likeness (QED) is 0.306. The van der Waals surface area contributed by atoms with E-state index in [0.717, 1.165) is 43.6 Å². The highest BCUT2D eigenvalue weighted by Gasteiger charge is 2.70. The predicted octanol–water partition coefficient (Wildman–Crippen LogP) is 6.58. The second-order valence-electron chi connectivity index (χ2n) is 13.8. The lowest BCUT2D eigenvalue weighted by Crippen LogP contribution is -2.56. The Kier molecular flexibility index (Phi) is 5.72. The average Bonchev–Trinajstić information content (AvgIpc) is 3.22. The van der Waals surface area contributed by atoms with Gasteiger partial charge in [-0.2, -0.15) is 0 Å². The lowest BCUT2D eigenvalue weighted by Gasteiger charge is -2.61. The molecule has 0 amide bonds. The van der Waals surface area contributed by atoms with Crippen LogP contribution in [-0.4, -0.2) is 35.9 Å². The van der Waals surface area contributed by atoms with E-state index in [0.29, 0.717) is 40.6 Å². The van der Waals surface area contributed by atoms with Gasteiger partial charge in [-0.15, -0.1) is 11.6 Å². The normalized spacial score (nSPS) is 58.5. The molecule has 4 nitrogen and oxygen atoms in total. The van der Waals surface area contributed by atoms with Crippen molar-refractivity contribution in [3.63, 3.8) is 0 Å². The van der Waals surface area contributed by atoms with Crippen molar-refractivity contribution < 1.29 is 19.0 Å². The van der Waals surface area contributed by atoms with E-state index in [2.05, 4.69) is 27.7 Å². The minimum atomic E-state index is -0.576. The molecule has 0 bridgehead atoms. The molecule has 6 fully saturated rings. The number of carbonyl (C=O) groups is 1. The first-order chi connectivity index (χ1) is 16.1. The minimum absolute atomic E-state index is 0.0444. The fraction of sp³-hybridized carbons (Fsp3) is 0.966. The lowest BCUT2D eigenvalue weighted by molar-refractivity contribution is -0.270. The second kappa shape index (κ2) is 8.09. The maximum absolute atomic E-state index is 11.6. The Hall–Kier alpha value is -0.320. The highest BCUT2D eigenvalue weighted by atomic mass is 35.5. The molecule has 0 aromatic rings. The van der Waals surface area contributed by atoms with E-state index in [-0.39, 0.29) is 17.5 Å². The molecule has 13 atom stereocenters. The monoisotopic (exact) mass is 492 g/mol. The topological polar surface area (TPSA) is 44.8 Å². The van der Waals surface area contributed by atoms with Gasteiger partial charge in [0.2, 0.25) is 0 Å². The summed E-state index contributed by atoms with van der Waals surface area (Å²) < 4.78 is 19.0. The Morgan fingerprint density at radius 1 is 0.971 bits per heavy atom. The maximum atomic E-state index is 11.6. The van der Waals surface area contributed by atoms with E-state index in [1.807, 2.05) is 0 Å². The number of hydrogen-bond donors (Lipinski definition) is 0. The third-order valence-electron chi connectivity index (χ3n) is 12.2. The molecule has 1 spiro atoms. The van der Waals surface area contributed by atoms with Crippen molar-refractivity contribution in [3.05, 3.63) is 0 Å². The largest absolute Gasteiger partial charge is 0.463 e. The van der Waals surface area contributed by atoms with Crippen LogP contribution in [0, 0.1) is 52.3 Å². The van der Waals surface area contributed by atoms with Gasteiger partial charge in [-0.25, -0.2) is 0 Å². The van der Waals surface area contributed by atoms with Crippen LogP contribution in [0.15, 0.2) is 0 Å². The number of fused-ring (bicyclic) bond motifs is 7. The van der Waals surface area contributed by atoms with Crippen LogP contribution >= 0.6 is 11.6 Å². The summed E-state index contributed by atoms with van der Waals surface area (Å²) in [5.74, 6) is 3.79. The van der Waals surface area contributed by atoms with Crippen LogP contribution in [0.2, 0.25) is 0 Å². The van der Waals surface area contributed by atoms with Crippen LogP contribution in [0.3, 0.4) is 0 Å². The van der Waals surface area contributed by atoms with Gasteiger partial charge >= 0.3 is 5.97 Å². The van der Waals surface area contributed by atoms with Crippen molar-refractivity contribution in [1.82, 2.24) is 0 Å². The van der Waals surface area contributed by atoms with Gasteiger partial charge in [0.15, 0.2) is 5.79 Å². The molecule has 6 aliphatic rings. The van der Waals surface area contributed by atoms with Crippen LogP contribution in [0.1, 0.15) is 92.4 Å². The summed E-state index contributed by atoms with van der Waals surface area (Å²) in [6.07, 6.45) is 11.2. The van der Waals surface area contributed by atoms with E-state index in [4.69, 9.17) is 25.8 Å². The molecular formula is C29H45ClO4. The maximum Gasteiger partial charge on any atom is 0.302 e. The minimum Gasteiger partial charge on any atom is -0.463 e. The zero-order valence-electron chi connectivity index (χ0n) is 21.9. The number of ether oxygens (including phenoxy) is 3. The first kappa shape index (κ1) is 24.0. The van der Waals surface area contributed by atoms with Crippen molar-refractivity contribution in [1.29, 1.82) is 0 Å². The van der Waals surface area contributed by atoms with E-state index in [1.54, 1.807) is 6.92 Å². The Labute approximate surface area is 211 Å². The predicted molar refractivity (Wildman–Crippen MR) is 132 cm³/mol. The Balaban J connectivity index is 1.22. The molecule has 2 heterocycles. The smallest absolute Gasteiger partial charge is 0.302 e. The zero-order valence-corrected chi connectivity index (χ0v) is 22.6. The van der Waals surface area contributed by atoms with Gasteiger partial charge in [0.1, 0.15) is 6.10 Å². The van der Waals surface area contributed by atoms with E-state index >= 15 is 0 Å². The number of esters is 1. The highest BCUT2D eigenvalue weighted by molar-refractivity contribution is 6.21. The third kappa shape index (κ3) is 3.26. The molecule has 4 saturated carbocycles. The van der Waals surface area contributed by atoms with Crippen molar-refractivity contribution in [2.45, 2.75) is 116 Å². The zero-order chi connectivity index (χ0) is 24.0. The van der Waals surface area contributed by atoms with Crippen LogP contribution in [-0.2, 0) is 19.0 Å². The van der Waals surface area contributed by atoms with Gasteiger partial charge in [-0.1, -0.05) is 27.7 Å². The van der Waals surface area contributed by atoms with Gasteiger partial charge in [0.25, 0.3) is 0 Å². The molecule has 0 radical (unpaired) electrons. The fourth-order valence-corrected chi connectivity index (χ4v) is 11.3. The summed E-state index contributed by atoms with van der Waals surface area (Å²) in [7, 11) is 0. The third-order valence-corrected chi connectivity index (χ3v) is 12.7. The van der Waals surface area contributed by atoms with Crippen molar-refractivity contribution >= 4 is 17.6 Å². The average molecular weight is 493 g/mol. The summed E-state index contributed by atoms with van der Waals surface area (Å²) in [5.41, 5.74) is 0.728. The standard InChI is InChI=1S/C29H45ClO4/c1-16-12-25(30)29(32-15-16)17(2)26-24(34-29)14-23-21-7-6-19-13-20(33-18(3)31)8-10-27(19,4)22(21)9-11-28(23,26)5/h16-17,19-26H,6-15H2,1-5H3/t16-,17+,19+,20?,21?,22?,23?,24+,25+,26+,27+,28+,29+/m1/s1. The summed E-state index contributed by atoms with van der Waals surface area (Å²) in [6.45, 7) is 12.1. The first-order valence-electron chi connectivity index (χ1n) is 14.2. The van der Waals surface area contributed by atoms with Crippen LogP contribution < -0.4 is 0 Å². The molecular weight excluding hydrogens is 448 g/mol. The molecule has 2 aliphatic heterocycles. The number of carbonyl (C=O) groups excluding carboxylic acids is 1. The van der Waals surface area contributed by atoms with Gasteiger partial charge in [0, 0.05) is 12.8 Å². The number of halogens is 1.